The predicted molar refractivity (Wildman–Crippen MR) is 32.6 cm³/mol. The standard InChI is InChI=1S/C7HF7/c8-3-1(5(10)7(13)14)2(4(3)9)6(11)12/h6H. The van der Waals surface area contributed by atoms with Crippen LogP contribution in [0.1, 0.15) is 0 Å². The number of hydrogen-bond acceptors (Lipinski definition) is 0. The number of hydrogen-bond donors (Lipinski definition) is 0. The van der Waals surface area contributed by atoms with Gasteiger partial charge in [0.05, 0.1) is 11.1 Å². The Morgan fingerprint density at radius 2 is 1.43 bits per heavy atom. The molecule has 0 fully saturated rings. The van der Waals surface area contributed by atoms with Gasteiger partial charge in [-0.1, -0.05) is 0 Å². The van der Waals surface area contributed by atoms with E-state index in [-0.39, 0.29) is 0 Å². The molecule has 0 radical (unpaired) electrons. The second-order valence-corrected chi connectivity index (χ2v) is 2.29. The Labute approximate surface area is 73.0 Å². The fourth-order valence-electron chi connectivity index (χ4n) is 0.907. The number of halogens is 7. The third kappa shape index (κ3) is 1.42. The molecule has 0 saturated heterocycles. The second kappa shape index (κ2) is 3.47. The minimum Gasteiger partial charge on any atom is -0.205 e. The van der Waals surface area contributed by atoms with Crippen LogP contribution in [0.4, 0.5) is 30.7 Å². The van der Waals surface area contributed by atoms with Crippen molar-refractivity contribution < 1.29 is 30.7 Å². The fourth-order valence-corrected chi connectivity index (χ4v) is 0.907. The van der Waals surface area contributed by atoms with Crippen LogP contribution in [0.15, 0.2) is 34.7 Å². The van der Waals surface area contributed by atoms with Crippen LogP contribution >= 0.6 is 0 Å². The van der Waals surface area contributed by atoms with Crippen molar-refractivity contribution in [1.82, 2.24) is 0 Å². The van der Waals surface area contributed by atoms with Crippen LogP contribution in [0, 0.1) is 0 Å². The average Bonchev–Trinajstić information content (AvgIpc) is 2.10. The molecule has 0 heterocycles. The maximum atomic E-state index is 12.3. The number of rotatable bonds is 2. The Morgan fingerprint density at radius 3 is 1.79 bits per heavy atom. The first-order valence-corrected chi connectivity index (χ1v) is 3.17. The molecule has 0 amide bonds. The third-order valence-corrected chi connectivity index (χ3v) is 1.52. The first-order chi connectivity index (χ1) is 6.37. The zero-order valence-electron chi connectivity index (χ0n) is 6.22. The number of alkyl halides is 2. The van der Waals surface area contributed by atoms with Gasteiger partial charge in [-0.05, 0) is 0 Å². The van der Waals surface area contributed by atoms with Gasteiger partial charge >= 0.3 is 6.08 Å². The first-order valence-electron chi connectivity index (χ1n) is 3.17. The van der Waals surface area contributed by atoms with E-state index in [9.17, 15) is 30.7 Å². The van der Waals surface area contributed by atoms with Crippen molar-refractivity contribution in [2.24, 2.45) is 0 Å². The average molecular weight is 218 g/mol. The SMILES string of the molecule is FC(F)=C(F)C1=C(C(F)F)C(F)=C1F. The number of allylic oxidation sites excluding steroid dienone is 5. The summed E-state index contributed by atoms with van der Waals surface area (Å²) in [5.41, 5.74) is -3.34. The van der Waals surface area contributed by atoms with E-state index in [2.05, 4.69) is 0 Å². The van der Waals surface area contributed by atoms with E-state index < -0.39 is 41.1 Å². The van der Waals surface area contributed by atoms with Gasteiger partial charge < -0.3 is 0 Å². The fraction of sp³-hybridized carbons (Fsp3) is 0.143. The summed E-state index contributed by atoms with van der Waals surface area (Å²) in [6.45, 7) is 0. The lowest BCUT2D eigenvalue weighted by Gasteiger charge is -2.18. The molecule has 0 aromatic carbocycles. The lowest BCUT2D eigenvalue weighted by molar-refractivity contribution is 0.181. The smallest absolute Gasteiger partial charge is 0.205 e. The monoisotopic (exact) mass is 218 g/mol. The Bertz CT molecular complexity index is 356. The second-order valence-electron chi connectivity index (χ2n) is 2.29. The van der Waals surface area contributed by atoms with Crippen LogP contribution in [-0.2, 0) is 0 Å². The molecule has 0 spiro atoms. The zero-order valence-corrected chi connectivity index (χ0v) is 6.22. The van der Waals surface area contributed by atoms with E-state index in [4.69, 9.17) is 0 Å². The van der Waals surface area contributed by atoms with E-state index in [0.29, 0.717) is 0 Å². The summed E-state index contributed by atoms with van der Waals surface area (Å²) < 4.78 is 83.6. The van der Waals surface area contributed by atoms with Gasteiger partial charge in [0, 0.05) is 0 Å². The summed E-state index contributed by atoms with van der Waals surface area (Å²) in [5.74, 6) is -6.45. The Kier molecular flexibility index (Phi) is 2.68. The van der Waals surface area contributed by atoms with Crippen LogP contribution in [0.25, 0.3) is 0 Å². The molecule has 1 aliphatic carbocycles. The molecule has 0 aromatic heterocycles. The first kappa shape index (κ1) is 10.8. The summed E-state index contributed by atoms with van der Waals surface area (Å²) in [4.78, 5) is 0. The molecule has 0 saturated carbocycles. The van der Waals surface area contributed by atoms with Gasteiger partial charge in [0.1, 0.15) is 0 Å². The summed E-state index contributed by atoms with van der Waals surface area (Å²) >= 11 is 0. The summed E-state index contributed by atoms with van der Waals surface area (Å²) in [6, 6.07) is 0. The van der Waals surface area contributed by atoms with Gasteiger partial charge in [-0.3, -0.25) is 0 Å². The van der Waals surface area contributed by atoms with E-state index in [1.54, 1.807) is 0 Å². The van der Waals surface area contributed by atoms with Crippen molar-refractivity contribution in [1.29, 1.82) is 0 Å². The highest BCUT2D eigenvalue weighted by Crippen LogP contribution is 2.45. The van der Waals surface area contributed by atoms with Crippen molar-refractivity contribution in [3.63, 3.8) is 0 Å². The Balaban J connectivity index is 3.16. The molecule has 0 atom stereocenters. The lowest BCUT2D eigenvalue weighted by Crippen LogP contribution is -2.14. The van der Waals surface area contributed by atoms with Crippen LogP contribution in [-0.4, -0.2) is 6.43 Å². The summed E-state index contributed by atoms with van der Waals surface area (Å²) in [7, 11) is 0. The maximum absolute atomic E-state index is 12.3. The molecule has 1 rings (SSSR count). The maximum Gasteiger partial charge on any atom is 0.306 e. The topological polar surface area (TPSA) is 0 Å². The molecule has 0 aliphatic heterocycles. The minimum absolute atomic E-state index is 1.66. The van der Waals surface area contributed by atoms with Crippen LogP contribution in [0.5, 0.6) is 0 Å². The van der Waals surface area contributed by atoms with E-state index in [0.717, 1.165) is 0 Å². The lowest BCUT2D eigenvalue weighted by atomic mass is 9.94. The van der Waals surface area contributed by atoms with Crippen LogP contribution in [0.2, 0.25) is 0 Å². The molecule has 0 bridgehead atoms. The van der Waals surface area contributed by atoms with Crippen molar-refractivity contribution >= 4 is 0 Å². The van der Waals surface area contributed by atoms with Crippen molar-refractivity contribution in [3.8, 4) is 0 Å². The molecular formula is C7HF7. The van der Waals surface area contributed by atoms with Crippen LogP contribution < -0.4 is 0 Å². The van der Waals surface area contributed by atoms with E-state index in [1.807, 2.05) is 0 Å². The minimum atomic E-state index is -3.53. The molecule has 0 nitrogen and oxygen atoms in total. The van der Waals surface area contributed by atoms with Crippen molar-refractivity contribution in [2.45, 2.75) is 6.43 Å². The predicted octanol–water partition coefficient (Wildman–Crippen LogP) is 3.79. The van der Waals surface area contributed by atoms with Crippen molar-refractivity contribution in [3.05, 3.63) is 34.7 Å². The highest BCUT2D eigenvalue weighted by Gasteiger charge is 2.39. The molecule has 78 valence electrons. The van der Waals surface area contributed by atoms with Gasteiger partial charge in [-0.2, -0.15) is 8.78 Å². The Morgan fingerprint density at radius 1 is 0.929 bits per heavy atom. The van der Waals surface area contributed by atoms with Gasteiger partial charge in [-0.15, -0.1) is 0 Å². The zero-order chi connectivity index (χ0) is 11.0. The Hall–Kier alpha value is -1.27. The molecule has 1 aliphatic rings. The molecule has 0 unspecified atom stereocenters. The third-order valence-electron chi connectivity index (χ3n) is 1.52. The van der Waals surface area contributed by atoms with E-state index in [1.165, 1.54) is 0 Å². The molecule has 0 aromatic rings. The van der Waals surface area contributed by atoms with Gasteiger partial charge in [0.25, 0.3) is 6.43 Å². The summed E-state index contributed by atoms with van der Waals surface area (Å²) in [6.07, 6.45) is -6.50. The van der Waals surface area contributed by atoms with Gasteiger partial charge in [0.15, 0.2) is 17.5 Å². The van der Waals surface area contributed by atoms with Gasteiger partial charge in [0.2, 0.25) is 0 Å². The molecular weight excluding hydrogens is 217 g/mol. The van der Waals surface area contributed by atoms with Crippen LogP contribution in [0.3, 0.4) is 0 Å². The quantitative estimate of drug-likeness (QED) is 0.618. The molecule has 0 N–H and O–H groups in total. The van der Waals surface area contributed by atoms with Crippen molar-refractivity contribution in [2.75, 3.05) is 0 Å². The normalized spacial score (nSPS) is 16.3. The largest absolute Gasteiger partial charge is 0.306 e. The highest BCUT2D eigenvalue weighted by atomic mass is 19.3. The molecule has 14 heavy (non-hydrogen) atoms. The molecule has 7 heteroatoms. The summed E-state index contributed by atoms with van der Waals surface area (Å²) in [5, 5.41) is 0. The highest BCUT2D eigenvalue weighted by molar-refractivity contribution is 5.61. The van der Waals surface area contributed by atoms with E-state index >= 15 is 0 Å². The van der Waals surface area contributed by atoms with Gasteiger partial charge in [-0.25, -0.2) is 22.0 Å².